The highest BCUT2D eigenvalue weighted by Crippen LogP contribution is 2.66. The minimum absolute atomic E-state index is 0.109. The molecule has 214 valence electrons. The molecule has 4 fully saturated rings. The number of nitrogens with one attached hydrogen (secondary N) is 1. The van der Waals surface area contributed by atoms with Gasteiger partial charge >= 0.3 is 5.97 Å². The number of rotatable bonds is 10. The van der Waals surface area contributed by atoms with Gasteiger partial charge in [-0.25, -0.2) is 13.1 Å². The Bertz CT molecular complexity index is 1440. The molecule has 4 atom stereocenters. The van der Waals surface area contributed by atoms with E-state index in [0.29, 0.717) is 42.1 Å². The third-order valence-electron chi connectivity index (χ3n) is 9.70. The Hall–Kier alpha value is -2.13. The van der Waals surface area contributed by atoms with E-state index in [4.69, 9.17) is 23.2 Å². The number of nitrogens with zero attached hydrogens (tertiary/aromatic N) is 1. The zero-order chi connectivity index (χ0) is 28.4. The monoisotopic (exact) mass is 604 g/mol. The molecule has 7 nitrogen and oxygen atoms in total. The Balaban J connectivity index is 1.50. The van der Waals surface area contributed by atoms with Gasteiger partial charge in [-0.05, 0) is 93.2 Å². The summed E-state index contributed by atoms with van der Waals surface area (Å²) in [5.41, 5.74) is -0.519. The molecule has 0 aromatic heterocycles. The van der Waals surface area contributed by atoms with E-state index in [0.717, 1.165) is 24.0 Å². The number of hydrogen-bond acceptors (Lipinski definition) is 4. The molecule has 1 unspecified atom stereocenters. The highest BCUT2D eigenvalue weighted by atomic mass is 35.5. The van der Waals surface area contributed by atoms with E-state index in [1.54, 1.807) is 25.1 Å². The van der Waals surface area contributed by atoms with Gasteiger partial charge in [-0.15, -0.1) is 0 Å². The number of hydrogen-bond donors (Lipinski definition) is 2. The van der Waals surface area contributed by atoms with Crippen molar-refractivity contribution >= 4 is 45.1 Å². The third-order valence-corrected chi connectivity index (χ3v) is 12.1. The van der Waals surface area contributed by atoms with Gasteiger partial charge in [0.05, 0.1) is 22.1 Å². The molecule has 4 aliphatic rings. The number of benzene rings is 2. The Morgan fingerprint density at radius 2 is 1.73 bits per heavy atom. The first-order chi connectivity index (χ1) is 19.0. The van der Waals surface area contributed by atoms with Crippen LogP contribution in [0.3, 0.4) is 0 Å². The van der Waals surface area contributed by atoms with Crippen LogP contribution >= 0.6 is 23.2 Å². The van der Waals surface area contributed by atoms with Crippen molar-refractivity contribution in [2.75, 3.05) is 6.54 Å². The molecule has 1 heterocycles. The smallest absolute Gasteiger partial charge is 0.310 e. The molecule has 6 rings (SSSR count). The molecule has 2 N–H and O–H groups in total. The second-order valence-electron chi connectivity index (χ2n) is 12.3. The number of aliphatic carboxylic acids is 1. The van der Waals surface area contributed by atoms with E-state index in [9.17, 15) is 23.1 Å². The summed E-state index contributed by atoms with van der Waals surface area (Å²) < 4.78 is 28.6. The van der Waals surface area contributed by atoms with Crippen LogP contribution in [-0.2, 0) is 19.6 Å². The Labute approximate surface area is 245 Å². The number of halogens is 2. The summed E-state index contributed by atoms with van der Waals surface area (Å²) in [6.07, 6.45) is 4.28. The summed E-state index contributed by atoms with van der Waals surface area (Å²) in [4.78, 5) is 29.3. The van der Waals surface area contributed by atoms with Crippen LogP contribution < -0.4 is 4.72 Å². The van der Waals surface area contributed by atoms with E-state index < -0.39 is 38.9 Å². The van der Waals surface area contributed by atoms with Crippen LogP contribution in [0.2, 0.25) is 10.0 Å². The molecule has 40 heavy (non-hydrogen) atoms. The molecule has 0 bridgehead atoms. The lowest BCUT2D eigenvalue weighted by molar-refractivity contribution is -0.170. The number of sulfonamides is 1. The maximum absolute atomic E-state index is 14.8. The summed E-state index contributed by atoms with van der Waals surface area (Å²) >= 11 is 12.7. The predicted molar refractivity (Wildman–Crippen MR) is 154 cm³/mol. The normalized spacial score (nSPS) is 28.8. The predicted octanol–water partition coefficient (Wildman–Crippen LogP) is 5.78. The quantitative estimate of drug-likeness (QED) is 0.357. The van der Waals surface area contributed by atoms with Gasteiger partial charge in [0.1, 0.15) is 0 Å². The highest BCUT2D eigenvalue weighted by Gasteiger charge is 2.70. The van der Waals surface area contributed by atoms with Gasteiger partial charge in [0.15, 0.2) is 0 Å². The molecule has 2 aromatic carbocycles. The van der Waals surface area contributed by atoms with Crippen LogP contribution in [0, 0.1) is 16.7 Å². The summed E-state index contributed by atoms with van der Waals surface area (Å²) in [6.45, 7) is 1.91. The molecule has 1 saturated heterocycles. The number of carbonyl (C=O) groups excluding carboxylic acids is 1. The van der Waals surface area contributed by atoms with Crippen molar-refractivity contribution in [2.24, 2.45) is 16.7 Å². The molecule has 1 amide bonds. The van der Waals surface area contributed by atoms with Gasteiger partial charge in [0.2, 0.25) is 15.9 Å². The molecule has 3 aliphatic carbocycles. The summed E-state index contributed by atoms with van der Waals surface area (Å²) in [6, 6.07) is 14.1. The van der Waals surface area contributed by atoms with E-state index in [1.807, 2.05) is 35.2 Å². The number of carboxylic acids is 1. The molecule has 10 heteroatoms. The van der Waals surface area contributed by atoms with E-state index in [1.165, 1.54) is 0 Å². The van der Waals surface area contributed by atoms with Crippen molar-refractivity contribution in [3.63, 3.8) is 0 Å². The number of carboxylic acid groups (broad SMARTS) is 1. The van der Waals surface area contributed by atoms with Crippen molar-refractivity contribution in [1.82, 2.24) is 9.62 Å². The lowest BCUT2D eigenvalue weighted by Crippen LogP contribution is -2.61. The second kappa shape index (κ2) is 10.0. The van der Waals surface area contributed by atoms with Crippen LogP contribution in [0.15, 0.2) is 48.5 Å². The molecule has 3 saturated carbocycles. The first kappa shape index (κ1) is 28.0. The van der Waals surface area contributed by atoms with E-state index in [-0.39, 0.29) is 29.5 Å². The van der Waals surface area contributed by atoms with Crippen LogP contribution in [0.5, 0.6) is 0 Å². The largest absolute Gasteiger partial charge is 0.481 e. The van der Waals surface area contributed by atoms with Gasteiger partial charge in [0, 0.05) is 28.5 Å². The number of piperidine rings is 1. The first-order valence-electron chi connectivity index (χ1n) is 14.0. The fourth-order valence-electron chi connectivity index (χ4n) is 6.89. The van der Waals surface area contributed by atoms with Gasteiger partial charge in [-0.1, -0.05) is 47.5 Å². The van der Waals surface area contributed by atoms with Crippen LogP contribution in [0.1, 0.15) is 75.0 Å². The van der Waals surface area contributed by atoms with Crippen molar-refractivity contribution < 1.29 is 23.1 Å². The van der Waals surface area contributed by atoms with E-state index in [2.05, 4.69) is 4.72 Å². The SMILES string of the molecule is C[C@]1(C2(C(=O)O)CC2)C[C@H](c2cccc(Cl)c2)C(c2ccc(Cl)cc2)N([C@H](CNS(=O)(=O)C2CC2)C2CC2)C1=O. The Morgan fingerprint density at radius 3 is 2.27 bits per heavy atom. The number of likely N-dealkylation sites (tertiary alicyclic amines) is 1. The fraction of sp³-hybridized carbons (Fsp3) is 0.533. The zero-order valence-corrected chi connectivity index (χ0v) is 24.7. The topological polar surface area (TPSA) is 104 Å². The van der Waals surface area contributed by atoms with Crippen molar-refractivity contribution in [1.29, 1.82) is 0 Å². The lowest BCUT2D eigenvalue weighted by Gasteiger charge is -2.54. The van der Waals surface area contributed by atoms with Crippen molar-refractivity contribution in [2.45, 2.75) is 75.1 Å². The molecule has 0 spiro atoms. The molecule has 1 aliphatic heterocycles. The van der Waals surface area contributed by atoms with Gasteiger partial charge < -0.3 is 10.0 Å². The minimum atomic E-state index is -3.48. The second-order valence-corrected chi connectivity index (χ2v) is 15.2. The van der Waals surface area contributed by atoms with Crippen LogP contribution in [0.25, 0.3) is 0 Å². The highest BCUT2D eigenvalue weighted by molar-refractivity contribution is 7.90. The number of amides is 1. The van der Waals surface area contributed by atoms with E-state index >= 15 is 0 Å². The minimum Gasteiger partial charge on any atom is -0.481 e. The maximum atomic E-state index is 14.8. The van der Waals surface area contributed by atoms with Gasteiger partial charge in [0.25, 0.3) is 0 Å². The maximum Gasteiger partial charge on any atom is 0.310 e. The fourth-order valence-corrected chi connectivity index (χ4v) is 8.61. The number of carbonyl (C=O) groups is 2. The standard InChI is InChI=1S/C30H34Cl2N2O5S/c1-29(30(13-14-30)28(36)37)16-24(20-3-2-4-22(32)15-20)26(19-7-9-21(31)10-8-19)34(27(29)35)25(18-5-6-18)17-33-40(38,39)23-11-12-23/h2-4,7-10,15,18,23-26,33H,5-6,11-14,16-17H2,1H3,(H,36,37)/t24-,25-,26?,29+/m1/s1. The molecular weight excluding hydrogens is 571 g/mol. The molecule has 2 aromatic rings. The van der Waals surface area contributed by atoms with Crippen LogP contribution in [0.4, 0.5) is 0 Å². The van der Waals surface area contributed by atoms with Crippen LogP contribution in [-0.4, -0.2) is 48.1 Å². The average molecular weight is 606 g/mol. The zero-order valence-electron chi connectivity index (χ0n) is 22.4. The average Bonchev–Trinajstić information content (AvgIpc) is 3.77. The first-order valence-corrected chi connectivity index (χ1v) is 16.3. The third kappa shape index (κ3) is 4.85. The van der Waals surface area contributed by atoms with Gasteiger partial charge in [-0.3, -0.25) is 9.59 Å². The summed E-state index contributed by atoms with van der Waals surface area (Å²) in [7, 11) is -3.48. The summed E-state index contributed by atoms with van der Waals surface area (Å²) in [5, 5.41) is 11.1. The molecule has 0 radical (unpaired) electrons. The Morgan fingerprint density at radius 1 is 1.05 bits per heavy atom. The Kier molecular flexibility index (Phi) is 7.00. The summed E-state index contributed by atoms with van der Waals surface area (Å²) in [5.74, 6) is -1.30. The lowest BCUT2D eigenvalue weighted by atomic mass is 9.61. The van der Waals surface area contributed by atoms with Crippen molar-refractivity contribution in [3.05, 3.63) is 69.7 Å². The van der Waals surface area contributed by atoms with Gasteiger partial charge in [-0.2, -0.15) is 0 Å². The van der Waals surface area contributed by atoms with Crippen molar-refractivity contribution in [3.8, 4) is 0 Å². The molecular formula is C30H34Cl2N2O5S.